The molecule has 16 heavy (non-hydrogen) atoms. The first-order valence-corrected chi connectivity index (χ1v) is 5.02. The van der Waals surface area contributed by atoms with Crippen LogP contribution in [0.2, 0.25) is 0 Å². The molecule has 1 aromatic heterocycles. The molecular formula is C12H13NO3. The van der Waals surface area contributed by atoms with Crippen LogP contribution in [-0.4, -0.2) is 23.2 Å². The zero-order valence-corrected chi connectivity index (χ0v) is 8.93. The van der Waals surface area contributed by atoms with Gasteiger partial charge in [-0.25, -0.2) is 0 Å². The minimum absolute atomic E-state index is 0.0251. The Morgan fingerprint density at radius 2 is 2.31 bits per heavy atom. The summed E-state index contributed by atoms with van der Waals surface area (Å²) >= 11 is 0. The lowest BCUT2D eigenvalue weighted by Gasteiger charge is -2.09. The number of hydrogen-bond acceptors (Lipinski definition) is 3. The summed E-state index contributed by atoms with van der Waals surface area (Å²) in [5, 5.41) is 10.9. The van der Waals surface area contributed by atoms with Gasteiger partial charge in [-0.1, -0.05) is 12.1 Å². The summed E-state index contributed by atoms with van der Waals surface area (Å²) in [6.07, 6.45) is 0.990. The minimum Gasteiger partial charge on any atom is -0.469 e. The molecule has 1 aromatic carbocycles. The van der Waals surface area contributed by atoms with Crippen molar-refractivity contribution in [1.82, 2.24) is 4.98 Å². The van der Waals surface area contributed by atoms with E-state index in [0.717, 1.165) is 10.9 Å². The SMILES string of the molecule is COC(=O)CC(O)c1ccc2cc[nH]c2c1. The highest BCUT2D eigenvalue weighted by atomic mass is 16.5. The smallest absolute Gasteiger partial charge is 0.308 e. The van der Waals surface area contributed by atoms with E-state index in [1.165, 1.54) is 7.11 Å². The average molecular weight is 219 g/mol. The number of aliphatic hydroxyl groups is 1. The number of esters is 1. The number of hydrogen-bond donors (Lipinski definition) is 2. The van der Waals surface area contributed by atoms with Gasteiger partial charge in [0.1, 0.15) is 0 Å². The van der Waals surface area contributed by atoms with Crippen LogP contribution in [0.1, 0.15) is 18.1 Å². The summed E-state index contributed by atoms with van der Waals surface area (Å²) in [4.78, 5) is 14.1. The highest BCUT2D eigenvalue weighted by Crippen LogP contribution is 2.21. The molecule has 1 heterocycles. The molecule has 0 fully saturated rings. The largest absolute Gasteiger partial charge is 0.469 e. The van der Waals surface area contributed by atoms with Gasteiger partial charge in [0.05, 0.1) is 19.6 Å². The Bertz CT molecular complexity index is 504. The Morgan fingerprint density at radius 3 is 3.06 bits per heavy atom. The Labute approximate surface area is 92.9 Å². The second kappa shape index (κ2) is 4.37. The maximum absolute atomic E-state index is 11.0. The van der Waals surface area contributed by atoms with Gasteiger partial charge in [-0.2, -0.15) is 0 Å². The fraction of sp³-hybridized carbons (Fsp3) is 0.250. The van der Waals surface area contributed by atoms with Gasteiger partial charge in [-0.3, -0.25) is 4.79 Å². The van der Waals surface area contributed by atoms with Crippen molar-refractivity contribution in [2.75, 3.05) is 7.11 Å². The molecule has 0 bridgehead atoms. The third-order valence-electron chi connectivity index (χ3n) is 2.55. The van der Waals surface area contributed by atoms with Crippen LogP contribution < -0.4 is 0 Å². The van der Waals surface area contributed by atoms with Gasteiger partial charge in [-0.05, 0) is 23.1 Å². The fourth-order valence-electron chi connectivity index (χ4n) is 1.63. The zero-order chi connectivity index (χ0) is 11.5. The third-order valence-corrected chi connectivity index (χ3v) is 2.55. The number of aliphatic hydroxyl groups excluding tert-OH is 1. The molecule has 2 rings (SSSR count). The molecular weight excluding hydrogens is 206 g/mol. The van der Waals surface area contributed by atoms with Crippen molar-refractivity contribution in [2.45, 2.75) is 12.5 Å². The summed E-state index contributed by atoms with van der Waals surface area (Å²) in [7, 11) is 1.31. The van der Waals surface area contributed by atoms with Crippen molar-refractivity contribution >= 4 is 16.9 Å². The van der Waals surface area contributed by atoms with Crippen molar-refractivity contribution in [3.63, 3.8) is 0 Å². The van der Waals surface area contributed by atoms with Gasteiger partial charge < -0.3 is 14.8 Å². The Morgan fingerprint density at radius 1 is 1.50 bits per heavy atom. The fourth-order valence-corrected chi connectivity index (χ4v) is 1.63. The average Bonchev–Trinajstić information content (AvgIpc) is 2.75. The van der Waals surface area contributed by atoms with Crippen LogP contribution in [0.25, 0.3) is 10.9 Å². The van der Waals surface area contributed by atoms with E-state index in [4.69, 9.17) is 0 Å². The highest BCUT2D eigenvalue weighted by molar-refractivity contribution is 5.80. The molecule has 84 valence electrons. The first-order valence-electron chi connectivity index (χ1n) is 5.02. The molecule has 4 nitrogen and oxygen atoms in total. The molecule has 0 aliphatic rings. The number of carbonyl (C=O) groups excluding carboxylic acids is 1. The van der Waals surface area contributed by atoms with Crippen LogP contribution in [0.4, 0.5) is 0 Å². The molecule has 0 saturated heterocycles. The van der Waals surface area contributed by atoms with Gasteiger partial charge in [0.2, 0.25) is 0 Å². The van der Waals surface area contributed by atoms with Gasteiger partial charge >= 0.3 is 5.97 Å². The lowest BCUT2D eigenvalue weighted by molar-refractivity contribution is -0.142. The van der Waals surface area contributed by atoms with E-state index >= 15 is 0 Å². The van der Waals surface area contributed by atoms with Crippen LogP contribution in [-0.2, 0) is 9.53 Å². The predicted molar refractivity (Wildman–Crippen MR) is 59.9 cm³/mol. The normalized spacial score (nSPS) is 12.6. The van der Waals surface area contributed by atoms with Crippen LogP contribution >= 0.6 is 0 Å². The standard InChI is InChI=1S/C12H13NO3/c1-16-12(15)7-11(14)9-3-2-8-4-5-13-10(8)6-9/h2-6,11,13-14H,7H2,1H3. The van der Waals surface area contributed by atoms with E-state index in [1.54, 1.807) is 0 Å². The minimum atomic E-state index is -0.819. The summed E-state index contributed by atoms with van der Waals surface area (Å²) < 4.78 is 4.51. The quantitative estimate of drug-likeness (QED) is 0.773. The first-order chi connectivity index (χ1) is 7.70. The topological polar surface area (TPSA) is 62.3 Å². The zero-order valence-electron chi connectivity index (χ0n) is 8.93. The molecule has 0 aliphatic heterocycles. The predicted octanol–water partition coefficient (Wildman–Crippen LogP) is 1.76. The molecule has 0 aliphatic carbocycles. The van der Waals surface area contributed by atoms with E-state index < -0.39 is 12.1 Å². The van der Waals surface area contributed by atoms with Gasteiger partial charge in [0.15, 0.2) is 0 Å². The molecule has 0 saturated carbocycles. The second-order valence-electron chi connectivity index (χ2n) is 3.62. The van der Waals surface area contributed by atoms with Crippen molar-refractivity contribution < 1.29 is 14.6 Å². The summed E-state index contributed by atoms with van der Waals surface area (Å²) in [5.74, 6) is -0.418. The molecule has 4 heteroatoms. The van der Waals surface area contributed by atoms with Crippen molar-refractivity contribution in [1.29, 1.82) is 0 Å². The first kappa shape index (κ1) is 10.7. The van der Waals surface area contributed by atoms with Crippen LogP contribution in [0.3, 0.4) is 0 Å². The number of aromatic amines is 1. The van der Waals surface area contributed by atoms with E-state index in [9.17, 15) is 9.90 Å². The number of nitrogens with one attached hydrogen (secondary N) is 1. The van der Waals surface area contributed by atoms with Crippen molar-refractivity contribution in [2.24, 2.45) is 0 Å². The van der Waals surface area contributed by atoms with Crippen LogP contribution in [0.5, 0.6) is 0 Å². The molecule has 0 amide bonds. The molecule has 2 N–H and O–H groups in total. The number of rotatable bonds is 3. The molecule has 0 radical (unpaired) electrons. The summed E-state index contributed by atoms with van der Waals surface area (Å²) in [6, 6.07) is 7.50. The van der Waals surface area contributed by atoms with E-state index in [1.807, 2.05) is 30.5 Å². The Balaban J connectivity index is 2.22. The van der Waals surface area contributed by atoms with E-state index in [2.05, 4.69) is 9.72 Å². The number of aromatic nitrogens is 1. The molecule has 0 spiro atoms. The Hall–Kier alpha value is -1.81. The maximum atomic E-state index is 11.0. The monoisotopic (exact) mass is 219 g/mol. The number of H-pyrrole nitrogens is 1. The summed E-state index contributed by atoms with van der Waals surface area (Å²) in [5.41, 5.74) is 1.65. The lowest BCUT2D eigenvalue weighted by Crippen LogP contribution is -2.07. The Kier molecular flexibility index (Phi) is 2.92. The van der Waals surface area contributed by atoms with E-state index in [-0.39, 0.29) is 6.42 Å². The number of ether oxygens (including phenoxy) is 1. The van der Waals surface area contributed by atoms with Crippen molar-refractivity contribution in [3.05, 3.63) is 36.0 Å². The number of methoxy groups -OCH3 is 1. The molecule has 1 unspecified atom stereocenters. The van der Waals surface area contributed by atoms with Crippen LogP contribution in [0.15, 0.2) is 30.5 Å². The van der Waals surface area contributed by atoms with Crippen molar-refractivity contribution in [3.8, 4) is 0 Å². The van der Waals surface area contributed by atoms with Gasteiger partial charge in [-0.15, -0.1) is 0 Å². The third kappa shape index (κ3) is 2.06. The summed E-state index contributed by atoms with van der Waals surface area (Å²) in [6.45, 7) is 0. The lowest BCUT2D eigenvalue weighted by atomic mass is 10.1. The highest BCUT2D eigenvalue weighted by Gasteiger charge is 2.13. The number of benzene rings is 1. The van der Waals surface area contributed by atoms with E-state index in [0.29, 0.717) is 5.56 Å². The van der Waals surface area contributed by atoms with Gasteiger partial charge in [0.25, 0.3) is 0 Å². The molecule has 1 atom stereocenters. The number of carbonyl (C=O) groups is 1. The molecule has 2 aromatic rings. The van der Waals surface area contributed by atoms with Gasteiger partial charge in [0, 0.05) is 11.7 Å². The van der Waals surface area contributed by atoms with Crippen LogP contribution in [0, 0.1) is 0 Å². The second-order valence-corrected chi connectivity index (χ2v) is 3.62. The number of fused-ring (bicyclic) bond motifs is 1. The maximum Gasteiger partial charge on any atom is 0.308 e.